The monoisotopic (exact) mass is 813 g/mol. The quantitative estimate of drug-likeness (QED) is 0.0243. The van der Waals surface area contributed by atoms with E-state index in [1.54, 1.807) is 12.0 Å². The summed E-state index contributed by atoms with van der Waals surface area (Å²) in [7, 11) is 0. The number of carbonyl (C=O) groups is 2. The summed E-state index contributed by atoms with van der Waals surface area (Å²) in [6.07, 6.45) is 23.7. The number of carboxylic acid groups (broad SMARTS) is 1. The Morgan fingerprint density at radius 1 is 0.569 bits per heavy atom. The Bertz CT molecular complexity index is 1370. The van der Waals surface area contributed by atoms with E-state index < -0.39 is 54.8 Å². The second-order valence-corrected chi connectivity index (χ2v) is 14.9. The van der Waals surface area contributed by atoms with E-state index >= 15 is 0 Å². The number of aliphatic hydroxyl groups excluding tert-OH is 8. The molecule has 11 heteroatoms. The zero-order valence-corrected chi connectivity index (χ0v) is 34.5. The molecule has 0 heterocycles. The minimum atomic E-state index is -1.61. The molecular weight excluding hydrogens is 741 g/mol. The van der Waals surface area contributed by atoms with Crippen LogP contribution in [0.1, 0.15) is 161 Å². The molecule has 0 radical (unpaired) electrons. The zero-order valence-electron chi connectivity index (χ0n) is 34.5. The summed E-state index contributed by atoms with van der Waals surface area (Å²) in [5.41, 5.74) is 0. The summed E-state index contributed by atoms with van der Waals surface area (Å²) in [5, 5.41) is 87.1. The summed E-state index contributed by atoms with van der Waals surface area (Å²) in [6, 6.07) is 0. The van der Waals surface area contributed by atoms with Gasteiger partial charge in [-0.3, -0.25) is 4.79 Å². The topological polar surface area (TPSA) is 216 Å². The van der Waals surface area contributed by atoms with E-state index in [1.807, 2.05) is 12.0 Å². The first-order chi connectivity index (χ1) is 27.8. The van der Waals surface area contributed by atoms with Crippen LogP contribution >= 0.6 is 0 Å². The second-order valence-electron chi connectivity index (χ2n) is 14.9. The minimum absolute atomic E-state index is 0.218. The highest BCUT2D eigenvalue weighted by molar-refractivity contribution is 5.86. The lowest BCUT2D eigenvalue weighted by molar-refractivity contribution is -0.130. The van der Waals surface area contributed by atoms with Crippen molar-refractivity contribution in [1.82, 2.24) is 0 Å². The number of hydrogen-bond donors (Lipinski definition) is 9. The number of Topliss-reactive ketones (excluding diaryl/α,β-unsaturated/α-hetero) is 1. The van der Waals surface area contributed by atoms with Gasteiger partial charge in [-0.15, -0.1) is 6.42 Å². The summed E-state index contributed by atoms with van der Waals surface area (Å²) in [6.45, 7) is 0. The smallest absolute Gasteiger partial charge is 0.381 e. The lowest BCUT2D eigenvalue weighted by Gasteiger charge is -2.19. The molecule has 11 nitrogen and oxygen atoms in total. The van der Waals surface area contributed by atoms with Crippen LogP contribution in [-0.4, -0.2) is 107 Å². The van der Waals surface area contributed by atoms with Crippen LogP contribution in [0.2, 0.25) is 0 Å². The Hall–Kier alpha value is -3.46. The summed E-state index contributed by atoms with van der Waals surface area (Å²) < 4.78 is 0. The highest BCUT2D eigenvalue weighted by atomic mass is 16.4. The molecule has 0 spiro atoms. The molecular formula is C47H72O11. The van der Waals surface area contributed by atoms with Crippen molar-refractivity contribution in [2.75, 3.05) is 0 Å². The van der Waals surface area contributed by atoms with Crippen LogP contribution in [0.4, 0.5) is 0 Å². The Morgan fingerprint density at radius 3 is 1.72 bits per heavy atom. The Kier molecular flexibility index (Phi) is 35.5. The first-order valence-corrected chi connectivity index (χ1v) is 21.3. The summed E-state index contributed by atoms with van der Waals surface area (Å²) in [4.78, 5) is 22.6. The van der Waals surface area contributed by atoms with E-state index in [4.69, 9.17) is 11.5 Å². The van der Waals surface area contributed by atoms with Crippen molar-refractivity contribution in [2.24, 2.45) is 0 Å². The van der Waals surface area contributed by atoms with Crippen LogP contribution in [0.3, 0.4) is 0 Å². The zero-order chi connectivity index (χ0) is 43.2. The fourth-order valence-electron chi connectivity index (χ4n) is 6.02. The van der Waals surface area contributed by atoms with E-state index in [9.17, 15) is 50.4 Å². The van der Waals surface area contributed by atoms with E-state index in [0.717, 1.165) is 64.2 Å². The maximum atomic E-state index is 12.2. The molecule has 0 aliphatic rings. The molecule has 0 bridgehead atoms. The molecule has 8 atom stereocenters. The number of carboxylic acids is 1. The predicted octanol–water partition coefficient (Wildman–Crippen LogP) is 5.04. The van der Waals surface area contributed by atoms with Crippen LogP contribution in [0.5, 0.6) is 0 Å². The third-order valence-corrected chi connectivity index (χ3v) is 9.54. The normalized spacial score (nSPS) is 15.4. The van der Waals surface area contributed by atoms with Gasteiger partial charge in [-0.2, -0.15) is 0 Å². The van der Waals surface area contributed by atoms with Crippen molar-refractivity contribution >= 4 is 11.8 Å². The van der Waals surface area contributed by atoms with Gasteiger partial charge in [0.15, 0.2) is 6.10 Å². The molecule has 0 amide bonds. The minimum Gasteiger partial charge on any atom is -0.472 e. The maximum Gasteiger partial charge on any atom is 0.381 e. The van der Waals surface area contributed by atoms with Gasteiger partial charge in [0, 0.05) is 31.6 Å². The summed E-state index contributed by atoms with van der Waals surface area (Å²) in [5.74, 6) is 15.6. The number of ketones is 1. The molecule has 0 fully saturated rings. The molecule has 9 N–H and O–H groups in total. The number of carbonyl (C=O) groups excluding carboxylic acids is 1. The van der Waals surface area contributed by atoms with Crippen molar-refractivity contribution in [3.05, 3.63) is 24.3 Å². The Balaban J connectivity index is 3.71. The molecule has 0 unspecified atom stereocenters. The van der Waals surface area contributed by atoms with Crippen LogP contribution in [0, 0.1) is 47.9 Å². The SMILES string of the molecule is C#C[C@@H](O)/C=C/[C@H](O)CCCC[C@@H](O)CC#C[C@H](O)C#CCC[C@@H](O)/C=C/CCCCCCCCCCCC(=O)CCCCCCC[C@H](O)[C@H](O)[C@H](O)C#CC(=O)O. The maximum absolute atomic E-state index is 12.2. The largest absolute Gasteiger partial charge is 0.472 e. The fourth-order valence-corrected chi connectivity index (χ4v) is 6.02. The molecule has 0 aromatic heterocycles. The highest BCUT2D eigenvalue weighted by Crippen LogP contribution is 2.15. The van der Waals surface area contributed by atoms with E-state index in [-0.39, 0.29) is 12.8 Å². The molecule has 0 aromatic carbocycles. The van der Waals surface area contributed by atoms with Gasteiger partial charge in [0.2, 0.25) is 0 Å². The highest BCUT2D eigenvalue weighted by Gasteiger charge is 2.22. The van der Waals surface area contributed by atoms with Gasteiger partial charge < -0.3 is 46.0 Å². The van der Waals surface area contributed by atoms with E-state index in [0.29, 0.717) is 63.6 Å². The third-order valence-electron chi connectivity index (χ3n) is 9.54. The third kappa shape index (κ3) is 35.7. The molecule has 326 valence electrons. The van der Waals surface area contributed by atoms with Crippen molar-refractivity contribution in [1.29, 1.82) is 0 Å². The Labute approximate surface area is 348 Å². The van der Waals surface area contributed by atoms with Gasteiger partial charge in [-0.05, 0) is 57.4 Å². The van der Waals surface area contributed by atoms with Crippen molar-refractivity contribution in [3.63, 3.8) is 0 Å². The first-order valence-electron chi connectivity index (χ1n) is 21.3. The average Bonchev–Trinajstić information content (AvgIpc) is 3.20. The molecule has 0 aromatic rings. The van der Waals surface area contributed by atoms with Crippen molar-refractivity contribution < 1.29 is 55.5 Å². The van der Waals surface area contributed by atoms with Gasteiger partial charge in [-0.1, -0.05) is 137 Å². The van der Waals surface area contributed by atoms with E-state index in [2.05, 4.69) is 29.6 Å². The molecule has 0 aliphatic heterocycles. The lowest BCUT2D eigenvalue weighted by atomic mass is 10.00. The molecule has 0 rings (SSSR count). The van der Waals surface area contributed by atoms with Gasteiger partial charge in [0.05, 0.1) is 24.4 Å². The van der Waals surface area contributed by atoms with Crippen molar-refractivity contribution in [3.8, 4) is 47.9 Å². The number of allylic oxidation sites excluding steroid dienone is 1. The molecule has 0 aliphatic carbocycles. The molecule has 0 saturated carbocycles. The molecule has 0 saturated heterocycles. The van der Waals surface area contributed by atoms with Gasteiger partial charge in [0.1, 0.15) is 24.1 Å². The fraction of sp³-hybridized carbons (Fsp3) is 0.702. The first kappa shape index (κ1) is 54.5. The van der Waals surface area contributed by atoms with Crippen LogP contribution in [-0.2, 0) is 9.59 Å². The van der Waals surface area contributed by atoms with Crippen LogP contribution in [0.15, 0.2) is 24.3 Å². The van der Waals surface area contributed by atoms with Gasteiger partial charge in [0.25, 0.3) is 0 Å². The Morgan fingerprint density at radius 2 is 1.10 bits per heavy atom. The number of rotatable bonds is 33. The lowest BCUT2D eigenvalue weighted by Crippen LogP contribution is -2.36. The number of unbranched alkanes of at least 4 members (excludes halogenated alkanes) is 14. The average molecular weight is 813 g/mol. The van der Waals surface area contributed by atoms with Gasteiger partial charge >= 0.3 is 5.97 Å². The van der Waals surface area contributed by atoms with E-state index in [1.165, 1.54) is 37.8 Å². The predicted molar refractivity (Wildman–Crippen MR) is 227 cm³/mol. The van der Waals surface area contributed by atoms with Crippen LogP contribution in [0.25, 0.3) is 0 Å². The number of aliphatic carboxylic acids is 1. The number of hydrogen-bond acceptors (Lipinski definition) is 10. The second kappa shape index (κ2) is 37.8. The number of terminal acetylenes is 1. The molecule has 58 heavy (non-hydrogen) atoms. The standard InChI is InChI=1S/C47H72O11/c1-2-38(48)34-35-43(53)30-22-21-29-42(52)32-23-31-41(51)28-20-19-27-40(50)26-16-12-9-7-5-3-4-6-8-11-15-24-39(49)25-17-13-10-14-18-33-44(54)47(58)45(55)36-37-46(56)57/h1,16,26,34-35,38,40-45,47-48,50-55,58H,3-15,17-19,21-22,24-25,27,29-30,32-33H2,(H,56,57)/b26-16+,35-34+/t38-,40+,41-,42-,43-,44+,45-,47+/m1/s1. The summed E-state index contributed by atoms with van der Waals surface area (Å²) >= 11 is 0. The van der Waals surface area contributed by atoms with Gasteiger partial charge in [-0.25, -0.2) is 4.79 Å². The van der Waals surface area contributed by atoms with Crippen molar-refractivity contribution in [2.45, 2.75) is 209 Å². The van der Waals surface area contributed by atoms with Crippen LogP contribution < -0.4 is 0 Å². The number of aliphatic hydroxyl groups is 8.